The van der Waals surface area contributed by atoms with Crippen LogP contribution in [0.4, 0.5) is 8.78 Å². The molecule has 0 radical (unpaired) electrons. The lowest BCUT2D eigenvalue weighted by Gasteiger charge is -2.17. The van der Waals surface area contributed by atoms with E-state index in [9.17, 15) is 22.0 Å². The third-order valence-corrected chi connectivity index (χ3v) is 3.93. The summed E-state index contributed by atoms with van der Waals surface area (Å²) in [4.78, 5) is 10.3. The van der Waals surface area contributed by atoms with E-state index in [0.29, 0.717) is 0 Å². The maximum Gasteiger partial charge on any atom is 0.349 e. The number of hydrogen-bond donors (Lipinski definition) is 1. The molecule has 1 aromatic carbocycles. The summed E-state index contributed by atoms with van der Waals surface area (Å²) in [7, 11) is -4.04. The van der Waals surface area contributed by atoms with Crippen LogP contribution < -0.4 is 0 Å². The number of alkyl halides is 3. The molecule has 4 nitrogen and oxygen atoms in total. The molecule has 0 unspecified atom stereocenters. The highest BCUT2D eigenvalue weighted by Crippen LogP contribution is 2.39. The average molecular weight is 313 g/mol. The number of hydrogen-bond acceptors (Lipinski definition) is 3. The summed E-state index contributed by atoms with van der Waals surface area (Å²) in [6, 6.07) is 1.66. The number of rotatable bonds is 4. The first-order valence-corrected chi connectivity index (χ1v) is 7.43. The van der Waals surface area contributed by atoms with Crippen LogP contribution in [0.5, 0.6) is 0 Å². The SMILES string of the molecule is CCc1c(C(=O)O)ccc(C(F)(F)Cl)c1S(C)(=O)=O. The van der Waals surface area contributed by atoms with Crippen LogP contribution in [0.2, 0.25) is 0 Å². The van der Waals surface area contributed by atoms with Gasteiger partial charge in [0, 0.05) is 6.26 Å². The molecule has 106 valence electrons. The molecule has 0 spiro atoms. The summed E-state index contributed by atoms with van der Waals surface area (Å²) in [6.45, 7) is 1.48. The standard InChI is InChI=1S/C11H11ClF2O4S/c1-3-6-7(10(15)16)4-5-8(11(12,13)14)9(6)19(2,17)18/h4-5H,3H2,1-2H3,(H,15,16). The van der Waals surface area contributed by atoms with E-state index >= 15 is 0 Å². The zero-order valence-corrected chi connectivity index (χ0v) is 11.6. The van der Waals surface area contributed by atoms with E-state index in [2.05, 4.69) is 0 Å². The van der Waals surface area contributed by atoms with Crippen LogP contribution in [0, 0.1) is 0 Å². The summed E-state index contributed by atoms with van der Waals surface area (Å²) < 4.78 is 49.8. The molecule has 8 heteroatoms. The number of halogens is 3. The molecular formula is C11H11ClF2O4S. The van der Waals surface area contributed by atoms with Crippen molar-refractivity contribution in [2.75, 3.05) is 6.26 Å². The first kappa shape index (κ1) is 15.8. The molecule has 0 saturated heterocycles. The fourth-order valence-electron chi connectivity index (χ4n) is 1.83. The van der Waals surface area contributed by atoms with Crippen molar-refractivity contribution in [3.8, 4) is 0 Å². The van der Waals surface area contributed by atoms with Crippen LogP contribution in [-0.4, -0.2) is 25.7 Å². The third kappa shape index (κ3) is 3.22. The average Bonchev–Trinajstić information content (AvgIpc) is 2.24. The lowest BCUT2D eigenvalue weighted by Crippen LogP contribution is -2.17. The molecule has 0 bridgehead atoms. The Hall–Kier alpha value is -1.21. The zero-order valence-electron chi connectivity index (χ0n) is 10.1. The monoisotopic (exact) mass is 312 g/mol. The fourth-order valence-corrected chi connectivity index (χ4v) is 3.34. The van der Waals surface area contributed by atoms with Crippen LogP contribution in [-0.2, 0) is 21.6 Å². The largest absolute Gasteiger partial charge is 0.478 e. The molecule has 0 saturated carbocycles. The van der Waals surface area contributed by atoms with Crippen molar-refractivity contribution in [1.29, 1.82) is 0 Å². The van der Waals surface area contributed by atoms with Crippen molar-refractivity contribution in [3.63, 3.8) is 0 Å². The third-order valence-electron chi connectivity index (χ3n) is 2.52. The van der Waals surface area contributed by atoms with E-state index < -0.39 is 31.6 Å². The lowest BCUT2D eigenvalue weighted by molar-refractivity contribution is 0.0692. The minimum atomic E-state index is -4.04. The van der Waals surface area contributed by atoms with Crippen molar-refractivity contribution < 1.29 is 27.1 Å². The maximum absolute atomic E-state index is 13.2. The smallest absolute Gasteiger partial charge is 0.349 e. The van der Waals surface area contributed by atoms with Gasteiger partial charge in [0.1, 0.15) is 0 Å². The van der Waals surface area contributed by atoms with Gasteiger partial charge in [0.15, 0.2) is 9.84 Å². The number of sulfone groups is 1. The number of carbonyl (C=O) groups is 1. The van der Waals surface area contributed by atoms with Crippen molar-refractivity contribution in [2.24, 2.45) is 0 Å². The van der Waals surface area contributed by atoms with Gasteiger partial charge < -0.3 is 5.11 Å². The first-order valence-electron chi connectivity index (χ1n) is 5.16. The van der Waals surface area contributed by atoms with Gasteiger partial charge in [-0.3, -0.25) is 0 Å². The van der Waals surface area contributed by atoms with Gasteiger partial charge in [-0.05, 0) is 35.7 Å². The molecule has 1 aromatic rings. The van der Waals surface area contributed by atoms with Gasteiger partial charge >= 0.3 is 11.4 Å². The van der Waals surface area contributed by atoms with Crippen molar-refractivity contribution in [2.45, 2.75) is 23.6 Å². The van der Waals surface area contributed by atoms with Gasteiger partial charge in [-0.25, -0.2) is 13.2 Å². The van der Waals surface area contributed by atoms with Gasteiger partial charge in [0.05, 0.1) is 16.0 Å². The predicted molar refractivity (Wildman–Crippen MR) is 65.6 cm³/mol. The molecule has 1 rings (SSSR count). The topological polar surface area (TPSA) is 71.4 Å². The molecule has 0 aliphatic carbocycles. The Labute approximate surface area is 113 Å². The molecule has 19 heavy (non-hydrogen) atoms. The summed E-state index contributed by atoms with van der Waals surface area (Å²) in [5.74, 6) is -1.38. The van der Waals surface area contributed by atoms with E-state index in [4.69, 9.17) is 16.7 Å². The van der Waals surface area contributed by atoms with Crippen LogP contribution in [0.3, 0.4) is 0 Å². The molecule has 0 amide bonds. The fraction of sp³-hybridized carbons (Fsp3) is 0.364. The van der Waals surface area contributed by atoms with Gasteiger partial charge in [-0.2, -0.15) is 8.78 Å². The quantitative estimate of drug-likeness (QED) is 0.868. The Morgan fingerprint density at radius 2 is 1.95 bits per heavy atom. The normalized spacial score (nSPS) is 12.5. The number of benzene rings is 1. The van der Waals surface area contributed by atoms with Crippen LogP contribution in [0.25, 0.3) is 0 Å². The van der Waals surface area contributed by atoms with E-state index in [0.717, 1.165) is 18.4 Å². The van der Waals surface area contributed by atoms with Gasteiger partial charge in [0.25, 0.3) is 0 Å². The summed E-state index contributed by atoms with van der Waals surface area (Å²) in [5.41, 5.74) is -1.40. The Morgan fingerprint density at radius 3 is 2.26 bits per heavy atom. The molecule has 1 N–H and O–H groups in total. The second-order valence-electron chi connectivity index (χ2n) is 3.90. The summed E-state index contributed by atoms with van der Waals surface area (Å²) >= 11 is 4.89. The lowest BCUT2D eigenvalue weighted by atomic mass is 10.0. The maximum atomic E-state index is 13.2. The second kappa shape index (κ2) is 5.05. The van der Waals surface area contributed by atoms with Crippen LogP contribution in [0.1, 0.15) is 28.4 Å². The van der Waals surface area contributed by atoms with E-state index in [-0.39, 0.29) is 17.5 Å². The van der Waals surface area contributed by atoms with Crippen molar-refractivity contribution in [1.82, 2.24) is 0 Å². The van der Waals surface area contributed by atoms with Gasteiger partial charge in [-0.1, -0.05) is 6.92 Å². The Kier molecular flexibility index (Phi) is 4.21. The molecular weight excluding hydrogens is 302 g/mol. The molecule has 0 atom stereocenters. The zero-order chi connectivity index (χ0) is 15.0. The number of carboxylic acids is 1. The van der Waals surface area contributed by atoms with Crippen LogP contribution in [0.15, 0.2) is 17.0 Å². The predicted octanol–water partition coefficient (Wildman–Crippen LogP) is 2.64. The highest BCUT2D eigenvalue weighted by Gasteiger charge is 2.36. The van der Waals surface area contributed by atoms with E-state index in [1.54, 1.807) is 0 Å². The Morgan fingerprint density at radius 1 is 1.42 bits per heavy atom. The van der Waals surface area contributed by atoms with Crippen LogP contribution >= 0.6 is 11.6 Å². The Bertz CT molecular complexity index is 620. The highest BCUT2D eigenvalue weighted by atomic mass is 35.5. The minimum Gasteiger partial charge on any atom is -0.478 e. The molecule has 0 aromatic heterocycles. The van der Waals surface area contributed by atoms with E-state index in [1.165, 1.54) is 6.92 Å². The number of aromatic carboxylic acids is 1. The van der Waals surface area contributed by atoms with E-state index in [1.807, 2.05) is 0 Å². The minimum absolute atomic E-state index is 0.0230. The molecule has 0 heterocycles. The van der Waals surface area contributed by atoms with Gasteiger partial charge in [0.2, 0.25) is 0 Å². The molecule has 0 fully saturated rings. The van der Waals surface area contributed by atoms with Gasteiger partial charge in [-0.15, -0.1) is 0 Å². The summed E-state index contributed by atoms with van der Waals surface area (Å²) in [5, 5.41) is 5.08. The van der Waals surface area contributed by atoms with Crippen molar-refractivity contribution in [3.05, 3.63) is 28.8 Å². The molecule has 0 aliphatic heterocycles. The Balaban J connectivity index is 3.87. The number of carboxylic acid groups (broad SMARTS) is 1. The summed E-state index contributed by atoms with van der Waals surface area (Å²) in [6.07, 6.45) is 0.712. The molecule has 0 aliphatic rings. The van der Waals surface area contributed by atoms with Crippen molar-refractivity contribution >= 4 is 27.4 Å². The first-order chi connectivity index (χ1) is 8.50. The second-order valence-corrected chi connectivity index (χ2v) is 6.32. The highest BCUT2D eigenvalue weighted by molar-refractivity contribution is 7.90.